The Morgan fingerprint density at radius 3 is 1.28 bits per heavy atom. The third kappa shape index (κ3) is 29.0. The molecule has 0 fully saturated rings. The van der Waals surface area contributed by atoms with Gasteiger partial charge in [0.2, 0.25) is 0 Å². The normalized spacial score (nSPS) is 11.1. The van der Waals surface area contributed by atoms with Crippen LogP contribution in [0.5, 0.6) is 0 Å². The first-order valence-corrected chi connectivity index (χ1v) is 14.2. The van der Waals surface area contributed by atoms with E-state index in [9.17, 15) is 9.59 Å². The van der Waals surface area contributed by atoms with Crippen molar-refractivity contribution in [2.75, 3.05) is 66.6 Å². The summed E-state index contributed by atoms with van der Waals surface area (Å²) in [5, 5.41) is 0. The molecular weight excluding hydrogens is 464 g/mol. The van der Waals surface area contributed by atoms with E-state index in [0.29, 0.717) is 59.3 Å². The third-order valence-electron chi connectivity index (χ3n) is 5.77. The fourth-order valence-electron chi connectivity index (χ4n) is 3.59. The molecule has 0 radical (unpaired) electrons. The average molecular weight is 519 g/mol. The molecule has 0 saturated heterocycles. The fourth-order valence-corrected chi connectivity index (χ4v) is 3.59. The summed E-state index contributed by atoms with van der Waals surface area (Å²) in [4.78, 5) is 22.7. The molecule has 8 heteroatoms. The van der Waals surface area contributed by atoms with Crippen LogP contribution in [-0.4, -0.2) is 78.5 Å². The average Bonchev–Trinajstić information content (AvgIpc) is 2.88. The summed E-state index contributed by atoms with van der Waals surface area (Å²) in [5.41, 5.74) is 0. The SMILES string of the molecule is CCCCCCCCCCCCCCCC(=O)OCCOCCOCCOCCOCCC(=O)OC. The van der Waals surface area contributed by atoms with Crippen molar-refractivity contribution < 1.29 is 38.0 Å². The third-order valence-corrected chi connectivity index (χ3v) is 5.77. The monoisotopic (exact) mass is 518 g/mol. The Morgan fingerprint density at radius 1 is 0.444 bits per heavy atom. The van der Waals surface area contributed by atoms with Crippen molar-refractivity contribution in [2.24, 2.45) is 0 Å². The molecular formula is C28H54O8. The number of ether oxygens (including phenoxy) is 6. The predicted octanol–water partition coefficient (Wildman–Crippen LogP) is 5.64. The number of carbonyl (C=O) groups excluding carboxylic acids is 2. The summed E-state index contributed by atoms with van der Waals surface area (Å²) in [7, 11) is 1.35. The lowest BCUT2D eigenvalue weighted by atomic mass is 10.0. The number of hydrogen-bond donors (Lipinski definition) is 0. The number of rotatable bonds is 29. The lowest BCUT2D eigenvalue weighted by molar-refractivity contribution is -0.145. The quantitative estimate of drug-likeness (QED) is 0.0928. The highest BCUT2D eigenvalue weighted by molar-refractivity contribution is 5.69. The van der Waals surface area contributed by atoms with Gasteiger partial charge in [-0.2, -0.15) is 0 Å². The van der Waals surface area contributed by atoms with Crippen molar-refractivity contribution >= 4 is 11.9 Å². The largest absolute Gasteiger partial charge is 0.469 e. The molecule has 0 atom stereocenters. The van der Waals surface area contributed by atoms with Gasteiger partial charge in [-0.3, -0.25) is 9.59 Å². The maximum atomic E-state index is 11.8. The van der Waals surface area contributed by atoms with Gasteiger partial charge < -0.3 is 28.4 Å². The number of methoxy groups -OCH3 is 1. The molecule has 0 amide bonds. The second-order valence-electron chi connectivity index (χ2n) is 8.99. The zero-order valence-corrected chi connectivity index (χ0v) is 23.2. The minimum Gasteiger partial charge on any atom is -0.469 e. The van der Waals surface area contributed by atoms with Crippen molar-refractivity contribution in [3.8, 4) is 0 Å². The Kier molecular flexibility index (Phi) is 29.0. The maximum Gasteiger partial charge on any atom is 0.307 e. The van der Waals surface area contributed by atoms with E-state index in [1.807, 2.05) is 0 Å². The van der Waals surface area contributed by atoms with Crippen LogP contribution in [0.1, 0.15) is 103 Å². The molecule has 0 heterocycles. The Labute approximate surface area is 220 Å². The summed E-state index contributed by atoms with van der Waals surface area (Å²) in [5.74, 6) is -0.418. The first-order chi connectivity index (χ1) is 17.7. The molecule has 0 spiro atoms. The molecule has 0 saturated carbocycles. The number of hydrogen-bond acceptors (Lipinski definition) is 8. The van der Waals surface area contributed by atoms with E-state index < -0.39 is 0 Å². The van der Waals surface area contributed by atoms with Crippen LogP contribution in [0.3, 0.4) is 0 Å². The lowest BCUT2D eigenvalue weighted by Crippen LogP contribution is -2.14. The summed E-state index contributed by atoms with van der Waals surface area (Å²) < 4.78 is 31.1. The van der Waals surface area contributed by atoms with Crippen molar-refractivity contribution in [2.45, 2.75) is 103 Å². The van der Waals surface area contributed by atoms with Crippen molar-refractivity contribution in [1.82, 2.24) is 0 Å². The van der Waals surface area contributed by atoms with Gasteiger partial charge in [0.05, 0.1) is 66.4 Å². The second-order valence-corrected chi connectivity index (χ2v) is 8.99. The molecule has 0 bridgehead atoms. The highest BCUT2D eigenvalue weighted by Crippen LogP contribution is 2.13. The molecule has 0 rings (SSSR count). The van der Waals surface area contributed by atoms with E-state index in [0.717, 1.165) is 12.8 Å². The molecule has 0 unspecified atom stereocenters. The standard InChI is InChI=1S/C28H54O8/c1-3-4-5-6-7-8-9-10-11-12-13-14-15-16-28(30)36-26-25-35-24-23-34-22-21-33-20-19-32-18-17-27(29)31-2/h3-26H2,1-2H3. The van der Waals surface area contributed by atoms with Crippen LogP contribution < -0.4 is 0 Å². The smallest absolute Gasteiger partial charge is 0.307 e. The van der Waals surface area contributed by atoms with E-state index in [-0.39, 0.29) is 25.0 Å². The van der Waals surface area contributed by atoms with Gasteiger partial charge >= 0.3 is 11.9 Å². The summed E-state index contributed by atoms with van der Waals surface area (Å²) in [6.45, 7) is 6.00. The second kappa shape index (κ2) is 30.0. The highest BCUT2D eigenvalue weighted by Gasteiger charge is 2.03. The summed E-state index contributed by atoms with van der Waals surface area (Å²) in [6.07, 6.45) is 17.6. The zero-order valence-electron chi connectivity index (χ0n) is 23.2. The molecule has 214 valence electrons. The molecule has 0 N–H and O–H groups in total. The minimum atomic E-state index is -0.283. The van der Waals surface area contributed by atoms with E-state index in [1.165, 1.54) is 77.7 Å². The van der Waals surface area contributed by atoms with Gasteiger partial charge in [-0.1, -0.05) is 84.0 Å². The van der Waals surface area contributed by atoms with Crippen molar-refractivity contribution in [1.29, 1.82) is 0 Å². The zero-order chi connectivity index (χ0) is 26.4. The van der Waals surface area contributed by atoms with Crippen molar-refractivity contribution in [3.05, 3.63) is 0 Å². The molecule has 36 heavy (non-hydrogen) atoms. The molecule has 0 aromatic heterocycles. The van der Waals surface area contributed by atoms with Gasteiger partial charge in [-0.25, -0.2) is 0 Å². The van der Waals surface area contributed by atoms with E-state index in [2.05, 4.69) is 11.7 Å². The highest BCUT2D eigenvalue weighted by atomic mass is 16.6. The lowest BCUT2D eigenvalue weighted by Gasteiger charge is -2.08. The van der Waals surface area contributed by atoms with Crippen molar-refractivity contribution in [3.63, 3.8) is 0 Å². The fraction of sp³-hybridized carbons (Fsp3) is 0.929. The number of carbonyl (C=O) groups is 2. The Balaban J connectivity index is 3.16. The van der Waals surface area contributed by atoms with Gasteiger partial charge in [0.1, 0.15) is 6.61 Å². The van der Waals surface area contributed by atoms with Crippen LogP contribution >= 0.6 is 0 Å². The van der Waals surface area contributed by atoms with Gasteiger partial charge in [-0.05, 0) is 6.42 Å². The molecule has 0 aliphatic carbocycles. The first kappa shape index (κ1) is 34.8. The summed E-state index contributed by atoms with van der Waals surface area (Å²) >= 11 is 0. The molecule has 0 aliphatic rings. The van der Waals surface area contributed by atoms with Gasteiger partial charge in [0.15, 0.2) is 0 Å². The Morgan fingerprint density at radius 2 is 0.833 bits per heavy atom. The van der Waals surface area contributed by atoms with Crippen LogP contribution in [0.25, 0.3) is 0 Å². The van der Waals surface area contributed by atoms with E-state index >= 15 is 0 Å². The van der Waals surface area contributed by atoms with Crippen LogP contribution in [0.2, 0.25) is 0 Å². The number of esters is 2. The molecule has 8 nitrogen and oxygen atoms in total. The van der Waals surface area contributed by atoms with Gasteiger partial charge in [0, 0.05) is 6.42 Å². The van der Waals surface area contributed by atoms with Gasteiger partial charge in [-0.15, -0.1) is 0 Å². The molecule has 0 aromatic rings. The van der Waals surface area contributed by atoms with E-state index in [4.69, 9.17) is 23.7 Å². The molecule has 0 aromatic carbocycles. The van der Waals surface area contributed by atoms with Crippen LogP contribution in [0.15, 0.2) is 0 Å². The first-order valence-electron chi connectivity index (χ1n) is 14.2. The van der Waals surface area contributed by atoms with E-state index in [1.54, 1.807) is 0 Å². The number of unbranched alkanes of at least 4 members (excludes halogenated alkanes) is 12. The summed E-state index contributed by atoms with van der Waals surface area (Å²) in [6, 6.07) is 0. The topological polar surface area (TPSA) is 89.5 Å². The minimum absolute atomic E-state index is 0.135. The Bertz CT molecular complexity index is 472. The maximum absolute atomic E-state index is 11.8. The van der Waals surface area contributed by atoms with Crippen LogP contribution in [-0.2, 0) is 38.0 Å². The predicted molar refractivity (Wildman–Crippen MR) is 141 cm³/mol. The Hall–Kier alpha value is -1.22. The molecule has 0 aliphatic heterocycles. The van der Waals surface area contributed by atoms with Crippen LogP contribution in [0, 0.1) is 0 Å². The van der Waals surface area contributed by atoms with Gasteiger partial charge in [0.25, 0.3) is 0 Å². The van der Waals surface area contributed by atoms with Crippen LogP contribution in [0.4, 0.5) is 0 Å².